The van der Waals surface area contributed by atoms with E-state index in [1.54, 1.807) is 38.1 Å². The average Bonchev–Trinajstić information content (AvgIpc) is 2.57. The molecule has 1 heterocycles. The van der Waals surface area contributed by atoms with E-state index >= 15 is 0 Å². The first-order valence-corrected chi connectivity index (χ1v) is 6.56. The van der Waals surface area contributed by atoms with Crippen LogP contribution in [0.1, 0.15) is 31.0 Å². The van der Waals surface area contributed by atoms with Crippen molar-refractivity contribution < 1.29 is 14.6 Å². The number of allylic oxidation sites excluding steroid dienone is 1. The zero-order valence-electron chi connectivity index (χ0n) is 11.1. The van der Waals surface area contributed by atoms with E-state index in [2.05, 4.69) is 10.3 Å². The third-order valence-corrected chi connectivity index (χ3v) is 3.04. The fourth-order valence-corrected chi connectivity index (χ4v) is 2.17. The number of hydrogen-bond donors (Lipinski definition) is 1. The van der Waals surface area contributed by atoms with E-state index in [9.17, 15) is 9.90 Å². The zero-order chi connectivity index (χ0) is 14.7. The Kier molecular flexibility index (Phi) is 4.29. The molecule has 1 aromatic carbocycles. The van der Waals surface area contributed by atoms with Crippen molar-refractivity contribution in [2.24, 2.45) is 4.99 Å². The number of fused-ring (bicyclic) bond motifs is 1. The van der Waals surface area contributed by atoms with Gasteiger partial charge in [-0.25, -0.2) is 4.99 Å². The van der Waals surface area contributed by atoms with Crippen molar-refractivity contribution in [3.8, 4) is 0 Å². The van der Waals surface area contributed by atoms with Crippen LogP contribution in [0, 0.1) is 0 Å². The largest absolute Gasteiger partial charge is 0.547 e. The Bertz CT molecular complexity index is 592. The molecule has 0 aliphatic carbocycles. The molecule has 6 heteroatoms. The van der Waals surface area contributed by atoms with Crippen molar-refractivity contribution in [3.63, 3.8) is 0 Å². The lowest BCUT2D eigenvalue weighted by Crippen LogP contribution is -2.30. The summed E-state index contributed by atoms with van der Waals surface area (Å²) < 4.78 is 5.31. The second kappa shape index (κ2) is 5.96. The van der Waals surface area contributed by atoms with Gasteiger partial charge in [0, 0.05) is 10.6 Å². The van der Waals surface area contributed by atoms with E-state index in [0.29, 0.717) is 28.5 Å². The van der Waals surface area contributed by atoms with Gasteiger partial charge in [0.25, 0.3) is 6.02 Å². The Labute approximate surface area is 121 Å². The minimum Gasteiger partial charge on any atom is -0.547 e. The van der Waals surface area contributed by atoms with E-state index in [4.69, 9.17) is 16.3 Å². The molecule has 0 unspecified atom stereocenters. The first-order valence-electron chi connectivity index (χ1n) is 6.18. The van der Waals surface area contributed by atoms with Gasteiger partial charge in [-0.15, -0.1) is 0 Å². The predicted octanol–water partition coefficient (Wildman–Crippen LogP) is 1.40. The molecular weight excluding hydrogens is 280 g/mol. The number of carboxylic acid groups (broad SMARTS) is 1. The number of carbonyl (C=O) groups excluding carboxylic acids is 1. The molecule has 1 aromatic rings. The number of hydrogen-bond acceptors (Lipinski definition) is 5. The van der Waals surface area contributed by atoms with E-state index in [1.165, 1.54) is 0 Å². The highest BCUT2D eigenvalue weighted by Gasteiger charge is 2.24. The van der Waals surface area contributed by atoms with Crippen LogP contribution in [0.2, 0.25) is 0 Å². The SMILES string of the molecule is CCOC1=N[C@H](C(=O)[O-])c2ccccc2/C(=C(\C)Cl)N1. The number of carboxylic acids is 1. The number of carbonyl (C=O) groups is 1. The fraction of sp³-hybridized carbons (Fsp3) is 0.286. The second-order valence-electron chi connectivity index (χ2n) is 4.21. The molecule has 1 aliphatic heterocycles. The van der Waals surface area contributed by atoms with Gasteiger partial charge < -0.3 is 20.0 Å². The number of rotatable bonds is 2. The molecular formula is C14H14ClN2O3-. The van der Waals surface area contributed by atoms with E-state index in [-0.39, 0.29) is 6.02 Å². The van der Waals surface area contributed by atoms with Gasteiger partial charge in [-0.05, 0) is 19.4 Å². The average molecular weight is 294 g/mol. The Morgan fingerprint density at radius 3 is 2.80 bits per heavy atom. The Morgan fingerprint density at radius 2 is 2.20 bits per heavy atom. The lowest BCUT2D eigenvalue weighted by Gasteiger charge is -2.15. The fourth-order valence-electron chi connectivity index (χ4n) is 2.02. The molecule has 0 bridgehead atoms. The van der Waals surface area contributed by atoms with Crippen LogP contribution in [0.5, 0.6) is 0 Å². The summed E-state index contributed by atoms with van der Waals surface area (Å²) in [4.78, 5) is 15.4. The summed E-state index contributed by atoms with van der Waals surface area (Å²) in [6, 6.07) is 6.01. The molecule has 0 radical (unpaired) electrons. The van der Waals surface area contributed by atoms with Gasteiger partial charge in [-0.2, -0.15) is 0 Å². The van der Waals surface area contributed by atoms with Crippen LogP contribution in [-0.2, 0) is 9.53 Å². The van der Waals surface area contributed by atoms with Crippen molar-refractivity contribution >= 4 is 29.3 Å². The summed E-state index contributed by atoms with van der Waals surface area (Å²) in [5.41, 5.74) is 1.77. The number of nitrogens with zero attached hydrogens (tertiary/aromatic N) is 1. The molecule has 2 rings (SSSR count). The molecule has 5 nitrogen and oxygen atoms in total. The highest BCUT2D eigenvalue weighted by Crippen LogP contribution is 2.31. The molecule has 1 atom stereocenters. The molecule has 0 amide bonds. The molecule has 0 aromatic heterocycles. The molecule has 1 aliphatic rings. The van der Waals surface area contributed by atoms with Crippen molar-refractivity contribution in [1.82, 2.24) is 5.32 Å². The van der Waals surface area contributed by atoms with Crippen LogP contribution in [0.15, 0.2) is 34.3 Å². The summed E-state index contributed by atoms with van der Waals surface area (Å²) in [5.74, 6) is -1.29. The molecule has 0 saturated carbocycles. The Morgan fingerprint density at radius 1 is 1.50 bits per heavy atom. The second-order valence-corrected chi connectivity index (χ2v) is 4.78. The minimum absolute atomic E-state index is 0.118. The topological polar surface area (TPSA) is 73.8 Å². The number of amidine groups is 1. The van der Waals surface area contributed by atoms with Crippen molar-refractivity contribution in [2.45, 2.75) is 19.9 Å². The monoisotopic (exact) mass is 293 g/mol. The van der Waals surface area contributed by atoms with Gasteiger partial charge >= 0.3 is 0 Å². The van der Waals surface area contributed by atoms with E-state index in [1.807, 2.05) is 0 Å². The number of benzene rings is 1. The summed E-state index contributed by atoms with van der Waals surface area (Å²) in [6.45, 7) is 3.85. The minimum atomic E-state index is -1.29. The van der Waals surface area contributed by atoms with Gasteiger partial charge in [-0.1, -0.05) is 35.9 Å². The Hall–Kier alpha value is -2.01. The van der Waals surface area contributed by atoms with Gasteiger partial charge in [0.15, 0.2) is 0 Å². The Balaban J connectivity index is 2.63. The van der Waals surface area contributed by atoms with Crippen LogP contribution >= 0.6 is 11.6 Å². The lowest BCUT2D eigenvalue weighted by atomic mass is 9.98. The quantitative estimate of drug-likeness (QED) is 0.894. The lowest BCUT2D eigenvalue weighted by molar-refractivity contribution is -0.307. The number of aliphatic carboxylic acids is 1. The molecule has 0 saturated heterocycles. The third-order valence-electron chi connectivity index (χ3n) is 2.85. The number of aliphatic imine (C=N–C) groups is 1. The summed E-state index contributed by atoms with van der Waals surface area (Å²) in [5, 5.41) is 14.8. The number of ether oxygens (including phenoxy) is 1. The summed E-state index contributed by atoms with van der Waals surface area (Å²) >= 11 is 6.09. The third kappa shape index (κ3) is 2.77. The molecule has 0 fully saturated rings. The summed E-state index contributed by atoms with van der Waals surface area (Å²) in [6.07, 6.45) is 0. The first-order chi connectivity index (χ1) is 9.54. The highest BCUT2D eigenvalue weighted by atomic mass is 35.5. The highest BCUT2D eigenvalue weighted by molar-refractivity contribution is 6.32. The molecule has 106 valence electrons. The molecule has 20 heavy (non-hydrogen) atoms. The van der Waals surface area contributed by atoms with Crippen LogP contribution in [0.25, 0.3) is 5.70 Å². The van der Waals surface area contributed by atoms with Crippen LogP contribution in [0.3, 0.4) is 0 Å². The van der Waals surface area contributed by atoms with Crippen LogP contribution in [0.4, 0.5) is 0 Å². The van der Waals surface area contributed by atoms with Gasteiger partial charge in [0.2, 0.25) is 0 Å². The maximum atomic E-state index is 11.3. The van der Waals surface area contributed by atoms with Crippen molar-refractivity contribution in [1.29, 1.82) is 0 Å². The normalized spacial score (nSPS) is 20.1. The predicted molar refractivity (Wildman–Crippen MR) is 74.8 cm³/mol. The van der Waals surface area contributed by atoms with E-state index < -0.39 is 12.0 Å². The number of halogens is 1. The standard InChI is InChI=1S/C14H15ClN2O3/c1-3-20-14-16-11(8(2)15)9-6-4-5-7-10(9)12(17-14)13(18)19/h4-7,12H,3H2,1-2H3,(H,16,17)(H,18,19)/p-1/b11-8-/t12-/m0/s1. The van der Waals surface area contributed by atoms with E-state index in [0.717, 1.165) is 0 Å². The van der Waals surface area contributed by atoms with Gasteiger partial charge in [0.1, 0.15) is 6.04 Å². The molecule has 0 spiro atoms. The van der Waals surface area contributed by atoms with Crippen molar-refractivity contribution in [2.75, 3.05) is 6.61 Å². The molecule has 1 N–H and O–H groups in total. The van der Waals surface area contributed by atoms with Gasteiger partial charge in [0.05, 0.1) is 18.3 Å². The zero-order valence-corrected chi connectivity index (χ0v) is 11.9. The van der Waals surface area contributed by atoms with Crippen LogP contribution < -0.4 is 10.4 Å². The van der Waals surface area contributed by atoms with Gasteiger partial charge in [-0.3, -0.25) is 0 Å². The van der Waals surface area contributed by atoms with Crippen LogP contribution in [-0.4, -0.2) is 18.6 Å². The maximum Gasteiger partial charge on any atom is 0.290 e. The smallest absolute Gasteiger partial charge is 0.290 e. The number of nitrogens with one attached hydrogen (secondary N) is 1. The maximum absolute atomic E-state index is 11.3. The first kappa shape index (κ1) is 14.4. The summed E-state index contributed by atoms with van der Waals surface area (Å²) in [7, 11) is 0. The van der Waals surface area contributed by atoms with Crippen molar-refractivity contribution in [3.05, 3.63) is 40.4 Å².